The molecule has 0 aromatic carbocycles. The Labute approximate surface area is 118 Å². The molecule has 1 saturated carbocycles. The zero-order valence-corrected chi connectivity index (χ0v) is 12.2. The molecule has 19 heavy (non-hydrogen) atoms. The van der Waals surface area contributed by atoms with Crippen LogP contribution in [0.1, 0.15) is 66.1 Å². The fourth-order valence-corrected chi connectivity index (χ4v) is 3.60. The van der Waals surface area contributed by atoms with Gasteiger partial charge in [-0.3, -0.25) is 0 Å². The van der Waals surface area contributed by atoms with Crippen molar-refractivity contribution in [2.75, 3.05) is 6.61 Å². The molecule has 1 aromatic heterocycles. The van der Waals surface area contributed by atoms with Crippen molar-refractivity contribution in [3.8, 4) is 0 Å². The molecule has 1 fully saturated rings. The lowest BCUT2D eigenvalue weighted by Gasteiger charge is -2.23. The Morgan fingerprint density at radius 3 is 2.84 bits per heavy atom. The Balaban J connectivity index is 1.91. The number of carbonyl (C=O) groups is 1. The second-order valence-corrected chi connectivity index (χ2v) is 6.29. The molecular weight excluding hydrogens is 260 g/mol. The van der Waals surface area contributed by atoms with Gasteiger partial charge in [0, 0.05) is 4.88 Å². The molecule has 1 unspecified atom stereocenters. The van der Waals surface area contributed by atoms with Crippen molar-refractivity contribution in [2.45, 2.75) is 51.6 Å². The number of carbonyl (C=O) groups excluding carboxylic acids is 1. The quantitative estimate of drug-likeness (QED) is 0.832. The smallest absolute Gasteiger partial charge is 0.348 e. The minimum absolute atomic E-state index is 0.288. The first kappa shape index (κ1) is 14.5. The van der Waals surface area contributed by atoms with Crippen LogP contribution in [0.2, 0.25) is 0 Å². The first-order valence-corrected chi connectivity index (χ1v) is 7.97. The average Bonchev–Trinajstić information content (AvgIpc) is 2.90. The van der Waals surface area contributed by atoms with Crippen molar-refractivity contribution >= 4 is 17.3 Å². The summed E-state index contributed by atoms with van der Waals surface area (Å²) in [6.45, 7) is 2.18. The van der Waals surface area contributed by atoms with E-state index in [0.717, 1.165) is 11.3 Å². The van der Waals surface area contributed by atoms with Gasteiger partial charge in [0.25, 0.3) is 0 Å². The van der Waals surface area contributed by atoms with E-state index < -0.39 is 6.10 Å². The fraction of sp³-hybridized carbons (Fsp3) is 0.667. The van der Waals surface area contributed by atoms with Gasteiger partial charge in [-0.1, -0.05) is 32.1 Å². The van der Waals surface area contributed by atoms with Crippen LogP contribution in [-0.2, 0) is 4.74 Å². The van der Waals surface area contributed by atoms with E-state index >= 15 is 0 Å². The van der Waals surface area contributed by atoms with E-state index in [0.29, 0.717) is 17.4 Å². The summed E-state index contributed by atoms with van der Waals surface area (Å²) in [5.74, 6) is 0.348. The second-order valence-electron chi connectivity index (χ2n) is 5.18. The third kappa shape index (κ3) is 4.05. The molecule has 106 valence electrons. The molecule has 0 spiro atoms. The Morgan fingerprint density at radius 2 is 2.16 bits per heavy atom. The van der Waals surface area contributed by atoms with Gasteiger partial charge in [0.1, 0.15) is 4.88 Å². The van der Waals surface area contributed by atoms with E-state index in [1.54, 1.807) is 13.0 Å². The zero-order valence-electron chi connectivity index (χ0n) is 11.4. The van der Waals surface area contributed by atoms with Gasteiger partial charge < -0.3 is 9.84 Å². The molecule has 0 aliphatic heterocycles. The molecule has 0 bridgehead atoms. The maximum atomic E-state index is 11.6. The molecule has 1 aliphatic rings. The summed E-state index contributed by atoms with van der Waals surface area (Å²) in [6.07, 6.45) is 6.75. The van der Waals surface area contributed by atoms with Crippen molar-refractivity contribution in [1.29, 1.82) is 0 Å². The lowest BCUT2D eigenvalue weighted by molar-refractivity contribution is 0.0532. The Bertz CT molecular complexity index is 407. The number of aliphatic hydroxyl groups is 1. The van der Waals surface area contributed by atoms with E-state index in [4.69, 9.17) is 4.74 Å². The first-order chi connectivity index (χ1) is 9.20. The molecule has 1 atom stereocenters. The van der Waals surface area contributed by atoms with Crippen LogP contribution in [0.15, 0.2) is 12.1 Å². The topological polar surface area (TPSA) is 46.5 Å². The summed E-state index contributed by atoms with van der Waals surface area (Å²) < 4.78 is 4.96. The van der Waals surface area contributed by atoms with Crippen molar-refractivity contribution in [3.63, 3.8) is 0 Å². The van der Waals surface area contributed by atoms with Crippen LogP contribution in [0.4, 0.5) is 0 Å². The molecule has 1 aliphatic carbocycles. The number of thiophene rings is 1. The van der Waals surface area contributed by atoms with Crippen LogP contribution < -0.4 is 0 Å². The summed E-state index contributed by atoms with van der Waals surface area (Å²) in [5.41, 5.74) is 0. The second kappa shape index (κ2) is 7.06. The van der Waals surface area contributed by atoms with Crippen molar-refractivity contribution in [2.24, 2.45) is 5.92 Å². The Kier molecular flexibility index (Phi) is 5.40. The third-order valence-electron chi connectivity index (χ3n) is 3.71. The highest BCUT2D eigenvalue weighted by molar-refractivity contribution is 7.14. The molecular formula is C15H22O3S. The largest absolute Gasteiger partial charge is 0.462 e. The molecule has 4 heteroatoms. The molecule has 0 amide bonds. The molecule has 0 radical (unpaired) electrons. The number of hydrogen-bond acceptors (Lipinski definition) is 4. The van der Waals surface area contributed by atoms with Gasteiger partial charge in [0.05, 0.1) is 12.7 Å². The predicted octanol–water partition coefficient (Wildman–Crippen LogP) is 3.93. The van der Waals surface area contributed by atoms with Gasteiger partial charge >= 0.3 is 5.97 Å². The normalized spacial score (nSPS) is 18.2. The van der Waals surface area contributed by atoms with Gasteiger partial charge in [-0.15, -0.1) is 11.3 Å². The number of esters is 1. The van der Waals surface area contributed by atoms with Crippen LogP contribution in [0.3, 0.4) is 0 Å². The third-order valence-corrected chi connectivity index (χ3v) is 4.88. The van der Waals surface area contributed by atoms with Crippen molar-refractivity contribution in [3.05, 3.63) is 21.9 Å². The molecule has 0 saturated heterocycles. The monoisotopic (exact) mass is 282 g/mol. The van der Waals surface area contributed by atoms with Crippen molar-refractivity contribution in [1.82, 2.24) is 0 Å². The van der Waals surface area contributed by atoms with Crippen LogP contribution in [0.25, 0.3) is 0 Å². The maximum Gasteiger partial charge on any atom is 0.348 e. The van der Waals surface area contributed by atoms with Crippen LogP contribution in [0.5, 0.6) is 0 Å². The molecule has 1 heterocycles. The number of aliphatic hydroxyl groups excluding tert-OH is 1. The standard InChI is InChI=1S/C15H22O3S/c1-2-18-15(17)14-9-8-13(19-14)12(16)10-11-6-4-3-5-7-11/h8-9,11-12,16H,2-7,10H2,1H3. The van der Waals surface area contributed by atoms with E-state index in [1.165, 1.54) is 43.4 Å². The van der Waals surface area contributed by atoms with Gasteiger partial charge in [-0.05, 0) is 31.4 Å². The van der Waals surface area contributed by atoms with Crippen LogP contribution in [0, 0.1) is 5.92 Å². The molecule has 1 N–H and O–H groups in total. The van der Waals surface area contributed by atoms with Gasteiger partial charge in [0.15, 0.2) is 0 Å². The average molecular weight is 282 g/mol. The van der Waals surface area contributed by atoms with E-state index in [2.05, 4.69) is 0 Å². The predicted molar refractivity (Wildman–Crippen MR) is 76.4 cm³/mol. The highest BCUT2D eigenvalue weighted by atomic mass is 32.1. The molecule has 2 rings (SSSR count). The molecule has 1 aromatic rings. The van der Waals surface area contributed by atoms with E-state index in [-0.39, 0.29) is 5.97 Å². The number of rotatable bonds is 5. The summed E-state index contributed by atoms with van der Waals surface area (Å²) in [5, 5.41) is 10.3. The van der Waals surface area contributed by atoms with Crippen LogP contribution >= 0.6 is 11.3 Å². The summed E-state index contributed by atoms with van der Waals surface area (Å²) in [4.78, 5) is 13.0. The fourth-order valence-electron chi connectivity index (χ4n) is 2.70. The summed E-state index contributed by atoms with van der Waals surface area (Å²) >= 11 is 1.35. The summed E-state index contributed by atoms with van der Waals surface area (Å²) in [6, 6.07) is 3.60. The minimum atomic E-state index is -0.434. The summed E-state index contributed by atoms with van der Waals surface area (Å²) in [7, 11) is 0. The highest BCUT2D eigenvalue weighted by Gasteiger charge is 2.20. The zero-order chi connectivity index (χ0) is 13.7. The lowest BCUT2D eigenvalue weighted by atomic mass is 9.85. The lowest BCUT2D eigenvalue weighted by Crippen LogP contribution is -2.10. The first-order valence-electron chi connectivity index (χ1n) is 7.15. The van der Waals surface area contributed by atoms with Gasteiger partial charge in [-0.2, -0.15) is 0 Å². The number of hydrogen-bond donors (Lipinski definition) is 1. The van der Waals surface area contributed by atoms with Gasteiger partial charge in [-0.25, -0.2) is 4.79 Å². The Morgan fingerprint density at radius 1 is 1.42 bits per heavy atom. The minimum Gasteiger partial charge on any atom is -0.462 e. The maximum absolute atomic E-state index is 11.6. The SMILES string of the molecule is CCOC(=O)c1ccc(C(O)CC2CCCCC2)s1. The Hall–Kier alpha value is -0.870. The number of ether oxygens (including phenoxy) is 1. The van der Waals surface area contributed by atoms with Gasteiger partial charge in [0.2, 0.25) is 0 Å². The molecule has 3 nitrogen and oxygen atoms in total. The van der Waals surface area contributed by atoms with Crippen molar-refractivity contribution < 1.29 is 14.6 Å². The van der Waals surface area contributed by atoms with E-state index in [1.807, 2.05) is 6.07 Å². The van der Waals surface area contributed by atoms with E-state index in [9.17, 15) is 9.90 Å². The van der Waals surface area contributed by atoms with Crippen LogP contribution in [-0.4, -0.2) is 17.7 Å². The highest BCUT2D eigenvalue weighted by Crippen LogP contribution is 2.34.